The molecule has 4 nitrogen and oxygen atoms in total. The molecule has 1 amide bonds. The molecule has 0 bridgehead atoms. The van der Waals surface area contributed by atoms with Crippen molar-refractivity contribution in [2.24, 2.45) is 11.8 Å². The van der Waals surface area contributed by atoms with Crippen molar-refractivity contribution in [3.05, 3.63) is 29.8 Å². The third-order valence-electron chi connectivity index (χ3n) is 4.37. The van der Waals surface area contributed by atoms with Crippen LogP contribution in [-0.4, -0.2) is 35.0 Å². The fourth-order valence-corrected chi connectivity index (χ4v) is 2.98. The third kappa shape index (κ3) is 2.80. The summed E-state index contributed by atoms with van der Waals surface area (Å²) in [6.07, 6.45) is 2.22. The maximum atomic E-state index is 12.8. The first-order valence-electron chi connectivity index (χ1n) is 7.44. The molecule has 3 rings (SSSR count). The van der Waals surface area contributed by atoms with Crippen molar-refractivity contribution < 1.29 is 9.90 Å². The second kappa shape index (κ2) is 5.44. The van der Waals surface area contributed by atoms with Crippen LogP contribution in [0.15, 0.2) is 24.3 Å². The molecule has 4 heteroatoms. The minimum atomic E-state index is 0.105. The Morgan fingerprint density at radius 3 is 2.80 bits per heavy atom. The summed E-state index contributed by atoms with van der Waals surface area (Å²) in [6.45, 7) is 4.48. The second-order valence-electron chi connectivity index (χ2n) is 6.11. The zero-order chi connectivity index (χ0) is 14.1. The number of nitrogens with zero attached hydrogens (tertiary/aromatic N) is 1. The highest BCUT2D eigenvalue weighted by atomic mass is 16.3. The van der Waals surface area contributed by atoms with Crippen LogP contribution in [0, 0.1) is 11.8 Å². The van der Waals surface area contributed by atoms with Gasteiger partial charge in [-0.2, -0.15) is 0 Å². The van der Waals surface area contributed by atoms with E-state index in [9.17, 15) is 9.90 Å². The summed E-state index contributed by atoms with van der Waals surface area (Å²) < 4.78 is 0. The van der Waals surface area contributed by atoms with Crippen molar-refractivity contribution in [1.82, 2.24) is 10.2 Å². The van der Waals surface area contributed by atoms with Gasteiger partial charge in [-0.05, 0) is 43.0 Å². The van der Waals surface area contributed by atoms with Crippen molar-refractivity contribution in [2.45, 2.75) is 32.4 Å². The van der Waals surface area contributed by atoms with E-state index in [0.717, 1.165) is 31.5 Å². The van der Waals surface area contributed by atoms with E-state index in [0.29, 0.717) is 18.5 Å². The van der Waals surface area contributed by atoms with Crippen LogP contribution in [0.3, 0.4) is 0 Å². The van der Waals surface area contributed by atoms with E-state index in [-0.39, 0.29) is 17.6 Å². The van der Waals surface area contributed by atoms with Gasteiger partial charge in [-0.25, -0.2) is 0 Å². The number of amides is 1. The maximum Gasteiger partial charge on any atom is 0.227 e. The van der Waals surface area contributed by atoms with E-state index in [2.05, 4.69) is 12.2 Å². The molecule has 2 fully saturated rings. The third-order valence-corrected chi connectivity index (χ3v) is 4.37. The summed E-state index contributed by atoms with van der Waals surface area (Å²) in [4.78, 5) is 14.8. The Hall–Kier alpha value is -1.55. The van der Waals surface area contributed by atoms with E-state index in [1.165, 1.54) is 0 Å². The van der Waals surface area contributed by atoms with Gasteiger partial charge in [-0.1, -0.05) is 19.1 Å². The van der Waals surface area contributed by atoms with Crippen molar-refractivity contribution in [3.8, 4) is 5.75 Å². The van der Waals surface area contributed by atoms with Gasteiger partial charge in [0.1, 0.15) is 5.75 Å². The van der Waals surface area contributed by atoms with Crippen LogP contribution < -0.4 is 5.32 Å². The summed E-state index contributed by atoms with van der Waals surface area (Å²) >= 11 is 0. The lowest BCUT2D eigenvalue weighted by Gasteiger charge is -2.27. The molecule has 1 aromatic rings. The monoisotopic (exact) mass is 274 g/mol. The van der Waals surface area contributed by atoms with E-state index in [1.54, 1.807) is 12.1 Å². The first-order chi connectivity index (χ1) is 9.65. The molecule has 1 aliphatic carbocycles. The maximum absolute atomic E-state index is 12.8. The smallest absolute Gasteiger partial charge is 0.227 e. The van der Waals surface area contributed by atoms with Gasteiger partial charge in [0.15, 0.2) is 0 Å². The Morgan fingerprint density at radius 2 is 2.20 bits per heavy atom. The zero-order valence-electron chi connectivity index (χ0n) is 11.9. The molecular weight excluding hydrogens is 252 g/mol. The van der Waals surface area contributed by atoms with Gasteiger partial charge in [0, 0.05) is 19.1 Å². The fraction of sp³-hybridized carbons (Fsp3) is 0.562. The van der Waals surface area contributed by atoms with E-state index in [4.69, 9.17) is 0 Å². The molecule has 0 spiro atoms. The number of phenols is 1. The Bertz CT molecular complexity index is 499. The Balaban J connectivity index is 1.74. The minimum Gasteiger partial charge on any atom is -0.508 e. The van der Waals surface area contributed by atoms with Crippen LogP contribution in [0.1, 0.15) is 25.3 Å². The Kier molecular flexibility index (Phi) is 3.66. The molecule has 2 unspecified atom stereocenters. The molecular formula is C16H22N2O2. The molecule has 1 aromatic carbocycles. The average Bonchev–Trinajstić information content (AvgIpc) is 3.17. The van der Waals surface area contributed by atoms with Gasteiger partial charge in [0.2, 0.25) is 5.91 Å². The zero-order valence-corrected chi connectivity index (χ0v) is 11.9. The largest absolute Gasteiger partial charge is 0.508 e. The quantitative estimate of drug-likeness (QED) is 0.879. The molecule has 1 heterocycles. The number of phenolic OH excluding ortho intramolecular Hbond substituents is 1. The summed E-state index contributed by atoms with van der Waals surface area (Å²) in [6, 6.07) is 7.62. The van der Waals surface area contributed by atoms with Crippen LogP contribution in [0.4, 0.5) is 0 Å². The average molecular weight is 274 g/mol. The van der Waals surface area contributed by atoms with Gasteiger partial charge in [-0.15, -0.1) is 0 Å². The molecule has 0 aromatic heterocycles. The van der Waals surface area contributed by atoms with Gasteiger partial charge in [0.25, 0.3) is 0 Å². The predicted molar refractivity (Wildman–Crippen MR) is 77.2 cm³/mol. The van der Waals surface area contributed by atoms with Crippen molar-refractivity contribution >= 4 is 5.91 Å². The molecule has 1 aliphatic heterocycles. The number of hydrogen-bond acceptors (Lipinski definition) is 3. The molecule has 1 saturated carbocycles. The summed E-state index contributed by atoms with van der Waals surface area (Å²) in [7, 11) is 0. The second-order valence-corrected chi connectivity index (χ2v) is 6.11. The topological polar surface area (TPSA) is 52.6 Å². The first-order valence-corrected chi connectivity index (χ1v) is 7.44. The highest BCUT2D eigenvalue weighted by molar-refractivity contribution is 5.80. The normalized spacial score (nSPS) is 25.6. The van der Waals surface area contributed by atoms with Crippen molar-refractivity contribution in [1.29, 1.82) is 0 Å². The first kappa shape index (κ1) is 13.4. The van der Waals surface area contributed by atoms with Crippen LogP contribution in [0.25, 0.3) is 0 Å². The number of aromatic hydroxyl groups is 1. The van der Waals surface area contributed by atoms with Crippen LogP contribution in [-0.2, 0) is 11.3 Å². The number of benzene rings is 1. The number of carbonyl (C=O) groups is 1. The Labute approximate surface area is 119 Å². The van der Waals surface area contributed by atoms with E-state index in [1.807, 2.05) is 17.0 Å². The van der Waals surface area contributed by atoms with Crippen molar-refractivity contribution in [2.75, 3.05) is 13.1 Å². The lowest BCUT2D eigenvalue weighted by atomic mass is 9.96. The molecule has 108 valence electrons. The van der Waals surface area contributed by atoms with E-state index >= 15 is 0 Å². The summed E-state index contributed by atoms with van der Waals surface area (Å²) in [5, 5.41) is 12.9. The molecule has 2 aliphatic rings. The van der Waals surface area contributed by atoms with Gasteiger partial charge < -0.3 is 15.3 Å². The molecule has 2 N–H and O–H groups in total. The summed E-state index contributed by atoms with van der Waals surface area (Å²) in [5.74, 6) is 1.05. The lowest BCUT2D eigenvalue weighted by molar-refractivity contribution is -0.137. The van der Waals surface area contributed by atoms with Crippen LogP contribution in [0.5, 0.6) is 5.75 Å². The number of nitrogens with one attached hydrogen (secondary N) is 1. The van der Waals surface area contributed by atoms with Crippen molar-refractivity contribution in [3.63, 3.8) is 0 Å². The number of rotatable bonds is 4. The van der Waals surface area contributed by atoms with Gasteiger partial charge in [-0.3, -0.25) is 4.79 Å². The molecule has 0 radical (unpaired) electrons. The minimum absolute atomic E-state index is 0.105. The predicted octanol–water partition coefficient (Wildman–Crippen LogP) is 1.74. The van der Waals surface area contributed by atoms with Crippen LogP contribution >= 0.6 is 0 Å². The van der Waals surface area contributed by atoms with Gasteiger partial charge >= 0.3 is 0 Å². The fourth-order valence-electron chi connectivity index (χ4n) is 2.98. The number of hydrogen-bond donors (Lipinski definition) is 2. The summed E-state index contributed by atoms with van der Waals surface area (Å²) in [5.41, 5.74) is 1.00. The molecule has 2 atom stereocenters. The van der Waals surface area contributed by atoms with Gasteiger partial charge in [0.05, 0.1) is 5.92 Å². The standard InChI is InChI=1S/C16H22N2O2/c1-11-8-17-9-15(11)16(20)18(13-5-6-13)10-12-3-2-4-14(19)7-12/h2-4,7,11,13,15,17,19H,5-6,8-10H2,1H3. The van der Waals surface area contributed by atoms with E-state index < -0.39 is 0 Å². The SMILES string of the molecule is CC1CNCC1C(=O)N(Cc1cccc(O)c1)C1CC1. The molecule has 20 heavy (non-hydrogen) atoms. The number of carbonyl (C=O) groups excluding carboxylic acids is 1. The van der Waals surface area contributed by atoms with Crippen LogP contribution in [0.2, 0.25) is 0 Å². The molecule has 1 saturated heterocycles. The Morgan fingerprint density at radius 1 is 1.40 bits per heavy atom. The lowest BCUT2D eigenvalue weighted by Crippen LogP contribution is -2.39. The highest BCUT2D eigenvalue weighted by Gasteiger charge is 2.39. The highest BCUT2D eigenvalue weighted by Crippen LogP contribution is 2.32.